The second kappa shape index (κ2) is 10.4. The van der Waals surface area contributed by atoms with Crippen LogP contribution in [0.25, 0.3) is 11.0 Å². The second-order valence-corrected chi connectivity index (χ2v) is 7.07. The van der Waals surface area contributed by atoms with Crippen LogP contribution in [-0.2, 0) is 4.79 Å². The molecule has 0 spiro atoms. The van der Waals surface area contributed by atoms with Crippen molar-refractivity contribution in [1.82, 2.24) is 15.4 Å². The lowest BCUT2D eigenvalue weighted by atomic mass is 10.0. The molecule has 0 aliphatic carbocycles. The number of fused-ring (bicyclic) bond motifs is 1. The molecule has 2 N–H and O–H groups in total. The Bertz CT molecular complexity index is 807. The summed E-state index contributed by atoms with van der Waals surface area (Å²) in [6.07, 6.45) is 2.15. The van der Waals surface area contributed by atoms with Gasteiger partial charge in [0, 0.05) is 0 Å². The first-order valence-corrected chi connectivity index (χ1v) is 9.52. The normalized spacial score (nSPS) is 10.8. The Balaban J connectivity index is 0.000000189. The van der Waals surface area contributed by atoms with E-state index in [1.807, 2.05) is 36.4 Å². The van der Waals surface area contributed by atoms with Crippen LogP contribution in [0, 0.1) is 0 Å². The van der Waals surface area contributed by atoms with Crippen molar-refractivity contribution >= 4 is 35.4 Å². The number of hydrazone groups is 1. The third-order valence-corrected chi connectivity index (χ3v) is 4.35. The molecule has 0 fully saturated rings. The number of aromatic nitrogens is 2. The van der Waals surface area contributed by atoms with Gasteiger partial charge in [-0.3, -0.25) is 4.79 Å². The average molecular weight is 369 g/mol. The van der Waals surface area contributed by atoms with E-state index in [1.54, 1.807) is 18.0 Å². The van der Waals surface area contributed by atoms with Crippen LogP contribution in [0.1, 0.15) is 37.8 Å². The molecule has 6 heteroatoms. The summed E-state index contributed by atoms with van der Waals surface area (Å²) in [6, 6.07) is 16.2. The van der Waals surface area contributed by atoms with E-state index in [-0.39, 0.29) is 0 Å². The number of H-pyrrole nitrogens is 1. The predicted molar refractivity (Wildman–Crippen MR) is 110 cm³/mol. The van der Waals surface area contributed by atoms with Gasteiger partial charge in [0.05, 0.1) is 17.2 Å². The summed E-state index contributed by atoms with van der Waals surface area (Å²) >= 11 is 1.73. The minimum atomic E-state index is 0.536. The molecule has 0 aliphatic heterocycles. The predicted octanol–water partition coefficient (Wildman–Crippen LogP) is 4.56. The summed E-state index contributed by atoms with van der Waals surface area (Å²) in [6.45, 7) is 6.42. The number of rotatable bonds is 6. The number of imidazole rings is 1. The lowest BCUT2D eigenvalue weighted by molar-refractivity contribution is -0.109. The Kier molecular flexibility index (Phi) is 7.89. The van der Waals surface area contributed by atoms with Gasteiger partial charge in [-0.05, 0) is 34.9 Å². The molecule has 5 nitrogen and oxygen atoms in total. The molecular weight excluding hydrogens is 344 g/mol. The van der Waals surface area contributed by atoms with Gasteiger partial charge in [-0.2, -0.15) is 5.10 Å². The highest BCUT2D eigenvalue weighted by Gasteiger charge is 1.99. The molecule has 1 amide bonds. The van der Waals surface area contributed by atoms with Crippen LogP contribution in [0.15, 0.2) is 58.8 Å². The highest BCUT2D eigenvalue weighted by atomic mass is 32.2. The molecular formula is C20H24N4OS. The van der Waals surface area contributed by atoms with Crippen LogP contribution < -0.4 is 5.43 Å². The summed E-state index contributed by atoms with van der Waals surface area (Å²) in [5.74, 6) is 1.59. The molecule has 1 heterocycles. The van der Waals surface area contributed by atoms with E-state index in [1.165, 1.54) is 5.56 Å². The van der Waals surface area contributed by atoms with Gasteiger partial charge < -0.3 is 4.98 Å². The molecule has 0 bridgehead atoms. The third-order valence-electron chi connectivity index (χ3n) is 3.59. The number of thioether (sulfide) groups is 1. The maximum atomic E-state index is 9.91. The number of carbonyl (C=O) groups is 1. The van der Waals surface area contributed by atoms with E-state index >= 15 is 0 Å². The van der Waals surface area contributed by atoms with E-state index in [4.69, 9.17) is 0 Å². The zero-order chi connectivity index (χ0) is 18.8. The number of hydrogen-bond donors (Lipinski definition) is 2. The van der Waals surface area contributed by atoms with Crippen LogP contribution in [0.3, 0.4) is 0 Å². The summed E-state index contributed by atoms with van der Waals surface area (Å²) in [4.78, 5) is 17.6. The Labute approximate surface area is 158 Å². The van der Waals surface area contributed by atoms with E-state index < -0.39 is 0 Å². The van der Waals surface area contributed by atoms with E-state index in [9.17, 15) is 4.79 Å². The van der Waals surface area contributed by atoms with Gasteiger partial charge in [0.25, 0.3) is 0 Å². The van der Waals surface area contributed by atoms with E-state index in [0.29, 0.717) is 12.3 Å². The molecule has 3 aromatic rings. The van der Waals surface area contributed by atoms with Gasteiger partial charge in [-0.1, -0.05) is 68.9 Å². The fourth-order valence-electron chi connectivity index (χ4n) is 2.24. The number of amides is 1. The smallest absolute Gasteiger partial charge is 0.227 e. The van der Waals surface area contributed by atoms with Gasteiger partial charge >= 0.3 is 0 Å². The molecule has 2 aromatic carbocycles. The maximum absolute atomic E-state index is 9.91. The molecule has 0 aliphatic rings. The molecule has 0 unspecified atom stereocenters. The lowest BCUT2D eigenvalue weighted by Gasteiger charge is -2.04. The first kappa shape index (κ1) is 19.7. The number of hydrogen-bond acceptors (Lipinski definition) is 4. The number of nitrogens with zero attached hydrogens (tertiary/aromatic N) is 2. The topological polar surface area (TPSA) is 70.1 Å². The van der Waals surface area contributed by atoms with Crippen LogP contribution in [0.2, 0.25) is 0 Å². The van der Waals surface area contributed by atoms with Crippen molar-refractivity contribution in [1.29, 1.82) is 0 Å². The van der Waals surface area contributed by atoms with Crippen molar-refractivity contribution in [3.8, 4) is 0 Å². The standard InChI is InChI=1S/C11H14N2O.C9H10N2S/c1-9(2)11-5-3-10(4-6-11)7-12-13-8-14;1-2-12-9-10-7-5-3-4-6-8(7)11-9/h3-9H,1-2H3,(H,13,14);3-6H,2H2,1H3,(H,10,11)/b12-7+;. The second-order valence-electron chi connectivity index (χ2n) is 5.82. The largest absolute Gasteiger partial charge is 0.333 e. The fraction of sp³-hybridized carbons (Fsp3) is 0.250. The van der Waals surface area contributed by atoms with Gasteiger partial charge in [-0.25, -0.2) is 10.4 Å². The van der Waals surface area contributed by atoms with Gasteiger partial charge in [-0.15, -0.1) is 0 Å². The Hall–Kier alpha value is -2.60. The van der Waals surface area contributed by atoms with E-state index in [2.05, 4.69) is 53.4 Å². The highest BCUT2D eigenvalue weighted by Crippen LogP contribution is 2.18. The Morgan fingerprint density at radius 2 is 1.92 bits per heavy atom. The van der Waals surface area contributed by atoms with Crippen LogP contribution >= 0.6 is 11.8 Å². The van der Waals surface area contributed by atoms with Crippen molar-refractivity contribution < 1.29 is 4.79 Å². The minimum Gasteiger partial charge on any atom is -0.333 e. The van der Waals surface area contributed by atoms with Crippen molar-refractivity contribution in [3.05, 3.63) is 59.7 Å². The Morgan fingerprint density at radius 3 is 2.54 bits per heavy atom. The highest BCUT2D eigenvalue weighted by molar-refractivity contribution is 7.99. The average Bonchev–Trinajstić information content (AvgIpc) is 3.06. The molecule has 3 rings (SSSR count). The minimum absolute atomic E-state index is 0.536. The summed E-state index contributed by atoms with van der Waals surface area (Å²) < 4.78 is 0. The molecule has 26 heavy (non-hydrogen) atoms. The maximum Gasteiger partial charge on any atom is 0.227 e. The van der Waals surface area contributed by atoms with Gasteiger partial charge in [0.15, 0.2) is 5.16 Å². The van der Waals surface area contributed by atoms with Crippen molar-refractivity contribution in [2.24, 2.45) is 5.10 Å². The third kappa shape index (κ3) is 6.04. The monoisotopic (exact) mass is 368 g/mol. The van der Waals surface area contributed by atoms with Crippen molar-refractivity contribution in [2.75, 3.05) is 5.75 Å². The quantitative estimate of drug-likeness (QED) is 0.290. The molecule has 0 saturated carbocycles. The molecule has 1 aromatic heterocycles. The summed E-state index contributed by atoms with van der Waals surface area (Å²) in [5.41, 5.74) is 6.66. The number of nitrogens with one attached hydrogen (secondary N) is 2. The zero-order valence-electron chi connectivity index (χ0n) is 15.3. The van der Waals surface area contributed by atoms with Crippen molar-refractivity contribution in [2.45, 2.75) is 31.8 Å². The van der Waals surface area contributed by atoms with Crippen LogP contribution in [0.5, 0.6) is 0 Å². The van der Waals surface area contributed by atoms with Crippen LogP contribution in [0.4, 0.5) is 0 Å². The zero-order valence-corrected chi connectivity index (χ0v) is 16.1. The first-order chi connectivity index (χ1) is 12.6. The summed E-state index contributed by atoms with van der Waals surface area (Å²) in [7, 11) is 0. The van der Waals surface area contributed by atoms with Gasteiger partial charge in [0.1, 0.15) is 0 Å². The molecule has 0 radical (unpaired) electrons. The van der Waals surface area contributed by atoms with E-state index in [0.717, 1.165) is 27.5 Å². The molecule has 0 saturated heterocycles. The number of para-hydroxylation sites is 2. The first-order valence-electron chi connectivity index (χ1n) is 8.53. The summed E-state index contributed by atoms with van der Waals surface area (Å²) in [5, 5.41) is 4.70. The molecule has 136 valence electrons. The number of benzene rings is 2. The van der Waals surface area contributed by atoms with Crippen molar-refractivity contribution in [3.63, 3.8) is 0 Å². The fourth-order valence-corrected chi connectivity index (χ4v) is 2.86. The van der Waals surface area contributed by atoms with Crippen LogP contribution in [-0.4, -0.2) is 28.3 Å². The Morgan fingerprint density at radius 1 is 1.19 bits per heavy atom. The number of aromatic amines is 1. The molecule has 0 atom stereocenters. The van der Waals surface area contributed by atoms with Gasteiger partial charge in [0.2, 0.25) is 6.41 Å². The lowest BCUT2D eigenvalue weighted by Crippen LogP contribution is -2.00. The SMILES string of the molecule is CC(C)c1ccc(/C=N/NC=O)cc1.CCSc1nc2ccccc2[nH]1. The number of carbonyl (C=O) groups excluding carboxylic acids is 1.